The van der Waals surface area contributed by atoms with Crippen molar-refractivity contribution in [3.63, 3.8) is 0 Å². The second-order valence-electron chi connectivity index (χ2n) is 8.08. The number of rotatable bonds is 1. The van der Waals surface area contributed by atoms with Crippen LogP contribution in [0.25, 0.3) is 10.9 Å². The minimum absolute atomic E-state index is 0.0323. The van der Waals surface area contributed by atoms with Crippen LogP contribution < -0.4 is 0 Å². The lowest BCUT2D eigenvalue weighted by Crippen LogP contribution is -2.56. The number of nitrogens with zero attached hydrogens (tertiary/aromatic N) is 3. The Hall–Kier alpha value is -2.34. The van der Waals surface area contributed by atoms with Crippen molar-refractivity contribution in [2.75, 3.05) is 13.1 Å². The summed E-state index contributed by atoms with van der Waals surface area (Å²) in [7, 11) is 0. The van der Waals surface area contributed by atoms with Crippen molar-refractivity contribution in [3.05, 3.63) is 40.0 Å². The van der Waals surface area contributed by atoms with Crippen LogP contribution in [0.15, 0.2) is 18.2 Å². The zero-order valence-corrected chi connectivity index (χ0v) is 16.3. The van der Waals surface area contributed by atoms with Gasteiger partial charge in [0.2, 0.25) is 0 Å². The number of halogens is 1. The Morgan fingerprint density at radius 3 is 2.54 bits per heavy atom. The van der Waals surface area contributed by atoms with Gasteiger partial charge in [0, 0.05) is 29.7 Å². The van der Waals surface area contributed by atoms with Crippen LogP contribution in [0.2, 0.25) is 5.02 Å². The van der Waals surface area contributed by atoms with Crippen molar-refractivity contribution in [2.24, 2.45) is 0 Å². The van der Waals surface area contributed by atoms with E-state index in [4.69, 9.17) is 16.6 Å². The van der Waals surface area contributed by atoms with E-state index in [0.29, 0.717) is 18.7 Å². The maximum absolute atomic E-state index is 13.3. The lowest BCUT2D eigenvalue weighted by molar-refractivity contribution is 0.0421. The van der Waals surface area contributed by atoms with E-state index >= 15 is 0 Å². The van der Waals surface area contributed by atoms with Crippen LogP contribution in [0, 0.1) is 0 Å². The summed E-state index contributed by atoms with van der Waals surface area (Å²) >= 11 is 6.65. The predicted molar refractivity (Wildman–Crippen MR) is 106 cm³/mol. The summed E-state index contributed by atoms with van der Waals surface area (Å²) in [5.74, 6) is -0.0323. The quantitative estimate of drug-likeness (QED) is 0.792. The number of likely N-dealkylation sites (tertiary alicyclic amines) is 1. The number of carboxylic acid groups (broad SMARTS) is 1. The summed E-state index contributed by atoms with van der Waals surface area (Å²) in [6.45, 7) is 0.783. The highest BCUT2D eigenvalue weighted by Gasteiger charge is 2.44. The van der Waals surface area contributed by atoms with Gasteiger partial charge in [-0.05, 0) is 56.2 Å². The molecule has 1 aromatic carbocycles. The van der Waals surface area contributed by atoms with Crippen molar-refractivity contribution in [2.45, 2.75) is 50.6 Å². The van der Waals surface area contributed by atoms with Gasteiger partial charge in [0.15, 0.2) is 0 Å². The third-order valence-corrected chi connectivity index (χ3v) is 6.86. The van der Waals surface area contributed by atoms with Crippen LogP contribution >= 0.6 is 11.6 Å². The Morgan fingerprint density at radius 2 is 1.82 bits per heavy atom. The molecule has 2 amide bonds. The summed E-state index contributed by atoms with van der Waals surface area (Å²) in [5.41, 5.74) is 3.59. The van der Waals surface area contributed by atoms with Crippen LogP contribution in [0.3, 0.4) is 0 Å². The molecule has 28 heavy (non-hydrogen) atoms. The van der Waals surface area contributed by atoms with Crippen LogP contribution in [0.4, 0.5) is 4.79 Å². The molecule has 2 aliphatic heterocycles. The van der Waals surface area contributed by atoms with Gasteiger partial charge in [-0.1, -0.05) is 17.7 Å². The summed E-state index contributed by atoms with van der Waals surface area (Å²) in [6, 6.07) is 5.50. The number of hydrogen-bond donors (Lipinski definition) is 1. The smallest absolute Gasteiger partial charge is 0.407 e. The Labute approximate surface area is 168 Å². The largest absolute Gasteiger partial charge is 0.465 e. The fourth-order valence-electron chi connectivity index (χ4n) is 5.04. The topological polar surface area (TPSA) is 73.7 Å². The molecule has 3 aliphatic rings. The minimum atomic E-state index is -0.904. The first-order valence-corrected chi connectivity index (χ1v) is 10.3. The van der Waals surface area contributed by atoms with Gasteiger partial charge in [0.05, 0.1) is 22.6 Å². The molecular formula is C21H22ClN3O3. The second kappa shape index (κ2) is 6.62. The van der Waals surface area contributed by atoms with Gasteiger partial charge < -0.3 is 14.9 Å². The number of piperazine rings is 1. The van der Waals surface area contributed by atoms with Crippen LogP contribution in [0.5, 0.6) is 0 Å². The highest BCUT2D eigenvalue weighted by atomic mass is 35.5. The minimum Gasteiger partial charge on any atom is -0.465 e. The molecule has 1 aliphatic carbocycles. The first-order valence-electron chi connectivity index (χ1n) is 9.94. The van der Waals surface area contributed by atoms with E-state index in [1.54, 1.807) is 0 Å². The maximum Gasteiger partial charge on any atom is 0.407 e. The van der Waals surface area contributed by atoms with Crippen LogP contribution in [0.1, 0.15) is 47.3 Å². The van der Waals surface area contributed by atoms with E-state index in [1.807, 2.05) is 23.1 Å². The lowest BCUT2D eigenvalue weighted by Gasteiger charge is -2.39. The fourth-order valence-corrected chi connectivity index (χ4v) is 5.40. The normalized spacial score (nSPS) is 23.8. The lowest BCUT2D eigenvalue weighted by atomic mass is 9.94. The van der Waals surface area contributed by atoms with E-state index < -0.39 is 6.09 Å². The molecule has 0 saturated carbocycles. The number of aryl methyl sites for hydroxylation is 1. The van der Waals surface area contributed by atoms with E-state index in [1.165, 1.54) is 4.90 Å². The molecular weight excluding hydrogens is 378 g/mol. The Bertz CT molecular complexity index is 979. The molecule has 1 aromatic heterocycles. The van der Waals surface area contributed by atoms with E-state index in [0.717, 1.165) is 65.7 Å². The van der Waals surface area contributed by atoms with Crippen molar-refractivity contribution < 1.29 is 14.7 Å². The molecule has 7 heteroatoms. The summed E-state index contributed by atoms with van der Waals surface area (Å²) in [6.07, 6.45) is 4.97. The third-order valence-electron chi connectivity index (χ3n) is 6.43. The average molecular weight is 400 g/mol. The van der Waals surface area contributed by atoms with Crippen molar-refractivity contribution >= 4 is 34.5 Å². The molecule has 2 saturated heterocycles. The van der Waals surface area contributed by atoms with Gasteiger partial charge >= 0.3 is 6.09 Å². The second-order valence-corrected chi connectivity index (χ2v) is 8.45. The summed E-state index contributed by atoms with van der Waals surface area (Å²) in [4.78, 5) is 32.7. The van der Waals surface area contributed by atoms with Gasteiger partial charge in [-0.25, -0.2) is 4.79 Å². The number of hydrogen-bond acceptors (Lipinski definition) is 3. The van der Waals surface area contributed by atoms with Crippen molar-refractivity contribution in [3.8, 4) is 0 Å². The van der Waals surface area contributed by atoms with E-state index in [2.05, 4.69) is 0 Å². The van der Waals surface area contributed by atoms with E-state index in [9.17, 15) is 14.7 Å². The number of fused-ring (bicyclic) bond motifs is 4. The van der Waals surface area contributed by atoms with Gasteiger partial charge in [-0.3, -0.25) is 9.78 Å². The number of aromatic nitrogens is 1. The highest BCUT2D eigenvalue weighted by Crippen LogP contribution is 2.35. The molecule has 146 valence electrons. The molecule has 5 rings (SSSR count). The van der Waals surface area contributed by atoms with Gasteiger partial charge in [0.25, 0.3) is 5.91 Å². The molecule has 6 nitrogen and oxygen atoms in total. The summed E-state index contributed by atoms with van der Waals surface area (Å²) in [5, 5.41) is 11.0. The van der Waals surface area contributed by atoms with Crippen LogP contribution in [-0.2, 0) is 12.8 Å². The predicted octanol–water partition coefficient (Wildman–Crippen LogP) is 3.73. The highest BCUT2D eigenvalue weighted by molar-refractivity contribution is 6.36. The zero-order chi connectivity index (χ0) is 19.4. The standard InChI is InChI=1S/C21H22ClN3O3/c22-19-15-3-1-2-4-17(15)23-18-9-12(5-8-16(18)19)20(26)25-13-6-7-14(25)11-24(10-13)21(27)28/h5,8-9,13-14H,1-4,6-7,10-11H2,(H,27,28). The number of pyridine rings is 1. The monoisotopic (exact) mass is 399 g/mol. The molecule has 2 atom stereocenters. The number of benzene rings is 1. The molecule has 0 radical (unpaired) electrons. The first-order chi connectivity index (χ1) is 13.5. The molecule has 1 N–H and O–H groups in total. The fraction of sp³-hybridized carbons (Fsp3) is 0.476. The number of amides is 2. The molecule has 2 unspecified atom stereocenters. The van der Waals surface area contributed by atoms with E-state index in [-0.39, 0.29) is 18.0 Å². The Kier molecular flexibility index (Phi) is 4.19. The number of carbonyl (C=O) groups excluding carboxylic acids is 1. The van der Waals surface area contributed by atoms with Crippen molar-refractivity contribution in [1.29, 1.82) is 0 Å². The first kappa shape index (κ1) is 17.7. The number of carbonyl (C=O) groups is 2. The molecule has 0 spiro atoms. The Morgan fingerprint density at radius 1 is 1.11 bits per heavy atom. The molecule has 2 bridgehead atoms. The average Bonchev–Trinajstić information content (AvgIpc) is 2.96. The van der Waals surface area contributed by atoms with Gasteiger partial charge in [-0.2, -0.15) is 0 Å². The third kappa shape index (κ3) is 2.73. The van der Waals surface area contributed by atoms with Crippen molar-refractivity contribution in [1.82, 2.24) is 14.8 Å². The molecule has 2 fully saturated rings. The maximum atomic E-state index is 13.3. The molecule has 3 heterocycles. The summed E-state index contributed by atoms with van der Waals surface area (Å²) < 4.78 is 0. The zero-order valence-electron chi connectivity index (χ0n) is 15.5. The van der Waals surface area contributed by atoms with Gasteiger partial charge in [-0.15, -0.1) is 0 Å². The SMILES string of the molecule is O=C(O)N1CC2CCC(C1)N2C(=O)c1ccc2c(Cl)c3c(nc2c1)CCCC3. The van der Waals surface area contributed by atoms with Gasteiger partial charge in [0.1, 0.15) is 0 Å². The molecule has 2 aromatic rings. The van der Waals surface area contributed by atoms with Crippen LogP contribution in [-0.4, -0.2) is 57.1 Å². The Balaban J connectivity index is 1.48.